The molecule has 1 heterocycles. The molecule has 1 nitrogen and oxygen atoms in total. The Morgan fingerprint density at radius 2 is 1.43 bits per heavy atom. The zero-order chi connectivity index (χ0) is 3.54. The van der Waals surface area contributed by atoms with Crippen molar-refractivity contribution in [2.45, 2.75) is 0 Å². The van der Waals surface area contributed by atoms with Crippen molar-refractivity contribution in [3.63, 3.8) is 0 Å². The van der Waals surface area contributed by atoms with E-state index in [4.69, 9.17) is 0 Å². The Kier molecular flexibility index (Phi) is 9.67. The van der Waals surface area contributed by atoms with Crippen LogP contribution in [0.1, 0.15) is 0 Å². The second-order valence-electron chi connectivity index (χ2n) is 0.671. The first-order chi connectivity index (χ1) is 2.50. The molecule has 0 fully saturated rings. The van der Waals surface area contributed by atoms with Gasteiger partial charge in [0, 0.05) is 0 Å². The van der Waals surface area contributed by atoms with Gasteiger partial charge in [-0.2, -0.15) is 6.26 Å². The van der Waals surface area contributed by atoms with E-state index in [-0.39, 0.29) is 37.7 Å². The van der Waals surface area contributed by atoms with Crippen LogP contribution in [0.4, 0.5) is 0 Å². The summed E-state index contributed by atoms with van der Waals surface area (Å²) in [5, 5.41) is 0. The van der Waals surface area contributed by atoms with Gasteiger partial charge in [0.1, 0.15) is 0 Å². The Morgan fingerprint density at radius 3 is 1.57 bits per heavy atom. The number of furan rings is 1. The van der Waals surface area contributed by atoms with Crippen LogP contribution in [0, 0.1) is 12.5 Å². The summed E-state index contributed by atoms with van der Waals surface area (Å²) in [5.74, 6) is 0. The van der Waals surface area contributed by atoms with Gasteiger partial charge in [-0.15, -0.1) is 0 Å². The van der Waals surface area contributed by atoms with Crippen molar-refractivity contribution in [1.29, 1.82) is 0 Å². The summed E-state index contributed by atoms with van der Waals surface area (Å²) in [7, 11) is 0. The second kappa shape index (κ2) is 6.47. The first kappa shape index (κ1) is 10.5. The third-order valence-electron chi connectivity index (χ3n) is 0.337. The number of hydrogen-bond donors (Lipinski definition) is 0. The van der Waals surface area contributed by atoms with Crippen molar-refractivity contribution >= 4 is 0 Å². The minimum absolute atomic E-state index is 0. The predicted octanol–water partition coefficient (Wildman–Crippen LogP) is -5.11. The van der Waals surface area contributed by atoms with Crippen LogP contribution in [-0.2, 0) is 0 Å². The summed E-state index contributed by atoms with van der Waals surface area (Å²) in [6, 6.07) is 3.31. The van der Waals surface area contributed by atoms with Crippen LogP contribution >= 0.6 is 0 Å². The molecule has 1 aromatic rings. The molecule has 0 bridgehead atoms. The zero-order valence-electron chi connectivity index (χ0n) is 4.56. The van der Waals surface area contributed by atoms with Crippen LogP contribution in [-0.4, -0.2) is 0 Å². The minimum atomic E-state index is 0. The van der Waals surface area contributed by atoms with Crippen molar-refractivity contribution in [3.8, 4) is 0 Å². The SMILES string of the molecule is [Li+].[Li+].[c-]1cc[c-]o1. The van der Waals surface area contributed by atoms with Crippen LogP contribution in [0.3, 0.4) is 0 Å². The van der Waals surface area contributed by atoms with Gasteiger partial charge in [-0.1, -0.05) is 0 Å². The van der Waals surface area contributed by atoms with Crippen molar-refractivity contribution < 1.29 is 42.1 Å². The van der Waals surface area contributed by atoms with Gasteiger partial charge in [-0.25, -0.2) is 0 Å². The van der Waals surface area contributed by atoms with Crippen molar-refractivity contribution in [3.05, 3.63) is 24.7 Å². The summed E-state index contributed by atoms with van der Waals surface area (Å²) in [6.45, 7) is 0. The van der Waals surface area contributed by atoms with E-state index in [2.05, 4.69) is 16.9 Å². The van der Waals surface area contributed by atoms with Crippen LogP contribution in [0.15, 0.2) is 16.5 Å². The normalized spacial score (nSPS) is 5.71. The van der Waals surface area contributed by atoms with Gasteiger partial charge in [0.25, 0.3) is 0 Å². The van der Waals surface area contributed by atoms with Crippen molar-refractivity contribution in [2.24, 2.45) is 0 Å². The molecular weight excluding hydrogens is 77.9 g/mol. The van der Waals surface area contributed by atoms with E-state index < -0.39 is 0 Å². The largest absolute Gasteiger partial charge is 1.00 e. The van der Waals surface area contributed by atoms with Gasteiger partial charge < -0.3 is 10.5 Å². The Morgan fingerprint density at radius 1 is 1.00 bits per heavy atom. The predicted molar refractivity (Wildman–Crippen MR) is 16.4 cm³/mol. The standard InChI is InChI=1S/C4H2O.2Li/c1-2-4-5-3-1;;/h1-2H;;/q-2;2*+1. The fraction of sp³-hybridized carbons (Fsp3) is 0. The maximum Gasteiger partial charge on any atom is 1.00 e. The molecule has 3 heteroatoms. The molecule has 0 saturated carbocycles. The Hall–Kier alpha value is 0.475. The maximum atomic E-state index is 4.33. The maximum absolute atomic E-state index is 4.33. The molecular formula is C4H2Li2O. The molecule has 0 aliphatic carbocycles. The molecule has 0 spiro atoms. The summed E-state index contributed by atoms with van der Waals surface area (Å²) >= 11 is 0. The van der Waals surface area contributed by atoms with Crippen molar-refractivity contribution in [1.82, 2.24) is 0 Å². The fourth-order valence-corrected chi connectivity index (χ4v) is 0.170. The van der Waals surface area contributed by atoms with Gasteiger partial charge in [0.15, 0.2) is 0 Å². The molecule has 0 unspecified atom stereocenters. The molecule has 1 aromatic heterocycles. The number of rotatable bonds is 0. The molecule has 0 aromatic carbocycles. The van der Waals surface area contributed by atoms with Crippen LogP contribution < -0.4 is 37.7 Å². The molecule has 1 rings (SSSR count). The van der Waals surface area contributed by atoms with E-state index in [1.807, 2.05) is 0 Å². The molecule has 0 atom stereocenters. The third-order valence-corrected chi connectivity index (χ3v) is 0.337. The first-order valence-corrected chi connectivity index (χ1v) is 1.32. The fourth-order valence-electron chi connectivity index (χ4n) is 0.170. The first-order valence-electron chi connectivity index (χ1n) is 1.32. The van der Waals surface area contributed by atoms with E-state index in [1.165, 1.54) is 0 Å². The van der Waals surface area contributed by atoms with Crippen LogP contribution in [0.2, 0.25) is 0 Å². The van der Waals surface area contributed by atoms with E-state index >= 15 is 0 Å². The Labute approximate surface area is 66.8 Å². The molecule has 0 aliphatic rings. The summed E-state index contributed by atoms with van der Waals surface area (Å²) < 4.78 is 4.33. The zero-order valence-corrected chi connectivity index (χ0v) is 4.56. The topological polar surface area (TPSA) is 13.1 Å². The van der Waals surface area contributed by atoms with E-state index in [1.54, 1.807) is 12.1 Å². The Balaban J connectivity index is 0. The van der Waals surface area contributed by atoms with E-state index in [9.17, 15) is 0 Å². The van der Waals surface area contributed by atoms with Crippen LogP contribution in [0.25, 0.3) is 0 Å². The second-order valence-corrected chi connectivity index (χ2v) is 0.671. The average molecular weight is 79.9 g/mol. The van der Waals surface area contributed by atoms with Gasteiger partial charge in [-0.3, -0.25) is 12.3 Å². The molecule has 0 aliphatic heterocycles. The van der Waals surface area contributed by atoms with E-state index in [0.29, 0.717) is 0 Å². The van der Waals surface area contributed by atoms with Gasteiger partial charge in [-0.05, 0) is 0 Å². The molecule has 26 valence electrons. The minimum Gasteiger partial charge on any atom is -0.745 e. The quantitative estimate of drug-likeness (QED) is 0.224. The smallest absolute Gasteiger partial charge is 0.745 e. The van der Waals surface area contributed by atoms with Gasteiger partial charge >= 0.3 is 37.7 Å². The molecule has 0 saturated heterocycles. The van der Waals surface area contributed by atoms with Crippen LogP contribution in [0.5, 0.6) is 0 Å². The van der Waals surface area contributed by atoms with Gasteiger partial charge in [0.2, 0.25) is 0 Å². The molecule has 7 heavy (non-hydrogen) atoms. The monoisotopic (exact) mass is 80.0 g/mol. The van der Waals surface area contributed by atoms with Gasteiger partial charge in [0.05, 0.1) is 0 Å². The molecule has 0 N–H and O–H groups in total. The molecule has 0 radical (unpaired) electrons. The summed E-state index contributed by atoms with van der Waals surface area (Å²) in [6.07, 6.45) is 4.86. The van der Waals surface area contributed by atoms with Crippen molar-refractivity contribution in [2.75, 3.05) is 0 Å². The Bertz CT molecular complexity index is 66.2. The summed E-state index contributed by atoms with van der Waals surface area (Å²) in [5.41, 5.74) is 0. The number of hydrogen-bond acceptors (Lipinski definition) is 1. The third kappa shape index (κ3) is 4.33. The van der Waals surface area contributed by atoms with E-state index in [0.717, 1.165) is 0 Å². The molecule has 0 amide bonds. The summed E-state index contributed by atoms with van der Waals surface area (Å²) in [4.78, 5) is 0. The average Bonchev–Trinajstić information content (AvgIpc) is 1.76.